The highest BCUT2D eigenvalue weighted by molar-refractivity contribution is 6.03. The second-order valence-electron chi connectivity index (χ2n) is 8.18. The molecule has 0 radical (unpaired) electrons. The van der Waals surface area contributed by atoms with Crippen molar-refractivity contribution in [2.24, 2.45) is 0 Å². The fourth-order valence-corrected chi connectivity index (χ4v) is 4.49. The zero-order valence-corrected chi connectivity index (χ0v) is 18.8. The molecule has 1 aliphatic rings. The van der Waals surface area contributed by atoms with E-state index in [1.807, 2.05) is 38.1 Å². The first-order valence-corrected chi connectivity index (χ1v) is 11.1. The first-order valence-electron chi connectivity index (χ1n) is 11.1. The van der Waals surface area contributed by atoms with Gasteiger partial charge in [-0.25, -0.2) is 9.50 Å². The van der Waals surface area contributed by atoms with Crippen molar-refractivity contribution < 1.29 is 9.53 Å². The van der Waals surface area contributed by atoms with Crippen LogP contribution in [0.1, 0.15) is 60.2 Å². The molecule has 0 spiro atoms. The summed E-state index contributed by atoms with van der Waals surface area (Å²) in [6.45, 7) is 11.2. The van der Waals surface area contributed by atoms with E-state index in [2.05, 4.69) is 40.2 Å². The van der Waals surface area contributed by atoms with Crippen LogP contribution in [0.15, 0.2) is 36.4 Å². The molecule has 0 saturated carbocycles. The Morgan fingerprint density at radius 2 is 2.03 bits per heavy atom. The topological polar surface area (TPSA) is 71.8 Å². The van der Waals surface area contributed by atoms with Gasteiger partial charge in [0, 0.05) is 35.8 Å². The normalized spacial score (nSPS) is 19.1. The quantitative estimate of drug-likeness (QED) is 0.647. The van der Waals surface area contributed by atoms with Crippen molar-refractivity contribution in [2.75, 3.05) is 25.0 Å². The van der Waals surface area contributed by atoms with Crippen LogP contribution in [0.3, 0.4) is 0 Å². The lowest BCUT2D eigenvalue weighted by Crippen LogP contribution is -2.40. The average molecular weight is 422 g/mol. The molecule has 0 aliphatic carbocycles. The lowest BCUT2D eigenvalue weighted by atomic mass is 9.96. The lowest BCUT2D eigenvalue weighted by Gasteiger charge is -2.36. The minimum atomic E-state index is -0.245. The van der Waals surface area contributed by atoms with E-state index in [0.29, 0.717) is 17.4 Å². The molecule has 2 atom stereocenters. The second-order valence-corrected chi connectivity index (χ2v) is 8.18. The van der Waals surface area contributed by atoms with E-state index in [1.165, 1.54) is 0 Å². The van der Waals surface area contributed by atoms with Crippen LogP contribution >= 0.6 is 0 Å². The number of nitrogens with one attached hydrogen (secondary N) is 1. The van der Waals surface area contributed by atoms with Crippen LogP contribution in [-0.2, 0) is 4.74 Å². The van der Waals surface area contributed by atoms with Crippen molar-refractivity contribution in [3.05, 3.63) is 59.0 Å². The van der Waals surface area contributed by atoms with E-state index < -0.39 is 0 Å². The molecule has 1 aliphatic heterocycles. The van der Waals surface area contributed by atoms with Gasteiger partial charge in [-0.1, -0.05) is 26.0 Å². The summed E-state index contributed by atoms with van der Waals surface area (Å²) in [7, 11) is 0. The summed E-state index contributed by atoms with van der Waals surface area (Å²) in [4.78, 5) is 19.8. The van der Waals surface area contributed by atoms with Gasteiger partial charge in [0.25, 0.3) is 5.91 Å². The molecule has 1 saturated heterocycles. The first-order chi connectivity index (χ1) is 15.0. The van der Waals surface area contributed by atoms with E-state index in [4.69, 9.17) is 4.74 Å². The van der Waals surface area contributed by atoms with Gasteiger partial charge < -0.3 is 15.0 Å². The number of carbonyl (C=O) groups is 1. The Labute approximate surface area is 183 Å². The molecule has 1 aromatic carbocycles. The monoisotopic (exact) mass is 421 g/mol. The van der Waals surface area contributed by atoms with Gasteiger partial charge in [-0.3, -0.25) is 4.79 Å². The fraction of sp³-hybridized carbons (Fsp3) is 0.458. The van der Waals surface area contributed by atoms with Gasteiger partial charge in [0.2, 0.25) is 0 Å². The number of ether oxygens (including phenoxy) is 1. The Balaban J connectivity index is 1.50. The van der Waals surface area contributed by atoms with Gasteiger partial charge >= 0.3 is 0 Å². The van der Waals surface area contributed by atoms with E-state index in [-0.39, 0.29) is 12.0 Å². The summed E-state index contributed by atoms with van der Waals surface area (Å²) in [5.41, 5.74) is 4.71. The van der Waals surface area contributed by atoms with Crippen molar-refractivity contribution in [3.63, 3.8) is 0 Å². The molecule has 0 bridgehead atoms. The third-order valence-corrected chi connectivity index (χ3v) is 6.07. The van der Waals surface area contributed by atoms with Gasteiger partial charge in [0.05, 0.1) is 6.10 Å². The number of amides is 1. The molecule has 31 heavy (non-hydrogen) atoms. The van der Waals surface area contributed by atoms with E-state index in [9.17, 15) is 4.79 Å². The number of hydrogen-bond acceptors (Lipinski definition) is 5. The van der Waals surface area contributed by atoms with E-state index in [0.717, 1.165) is 55.2 Å². The number of aryl methyl sites for hydroxylation is 2. The highest BCUT2D eigenvalue weighted by Gasteiger charge is 2.27. The van der Waals surface area contributed by atoms with Crippen LogP contribution in [0.25, 0.3) is 5.65 Å². The molecule has 7 heteroatoms. The van der Waals surface area contributed by atoms with Crippen LogP contribution in [0, 0.1) is 13.8 Å². The largest absolute Gasteiger partial charge is 0.373 e. The molecule has 1 amide bonds. The number of anilines is 1. The Morgan fingerprint density at radius 1 is 1.23 bits per heavy atom. The molecule has 3 heterocycles. The minimum absolute atomic E-state index is 0.0428. The Bertz CT molecular complexity index is 1070. The minimum Gasteiger partial charge on any atom is -0.373 e. The first kappa shape index (κ1) is 21.5. The maximum absolute atomic E-state index is 12.8. The standard InChI is InChI=1S/C24H31N5O2/c1-5-28(6-2)20-10-11-31-22(14-20)18-8-7-9-19(13-18)26-24(30)21-15-23-25-16(3)12-17(4)29(23)27-21/h7-9,12-13,15,20,22H,5-6,10-11,14H2,1-4H3,(H,26,30)/t20-,22+/m1/s1. The van der Waals surface area contributed by atoms with Gasteiger partial charge in [-0.05, 0) is 63.5 Å². The van der Waals surface area contributed by atoms with Crippen molar-refractivity contribution >= 4 is 17.2 Å². The molecule has 4 rings (SSSR count). The maximum Gasteiger partial charge on any atom is 0.276 e. The van der Waals surface area contributed by atoms with Gasteiger partial charge in [0.1, 0.15) is 0 Å². The summed E-state index contributed by atoms with van der Waals surface area (Å²) >= 11 is 0. The number of carbonyl (C=O) groups excluding carboxylic acids is 1. The SMILES string of the molecule is CCN(CC)[C@@H]1CCO[C@H](c2cccc(NC(=O)c3cc4nc(C)cc(C)n4n3)c2)C1. The van der Waals surface area contributed by atoms with E-state index in [1.54, 1.807) is 10.6 Å². The Kier molecular flexibility index (Phi) is 6.34. The highest BCUT2D eigenvalue weighted by atomic mass is 16.5. The zero-order valence-electron chi connectivity index (χ0n) is 18.8. The molecule has 0 unspecified atom stereocenters. The van der Waals surface area contributed by atoms with Gasteiger partial charge in [-0.2, -0.15) is 5.10 Å². The summed E-state index contributed by atoms with van der Waals surface area (Å²) < 4.78 is 7.77. The smallest absolute Gasteiger partial charge is 0.276 e. The molecular formula is C24H31N5O2. The number of fused-ring (bicyclic) bond motifs is 1. The van der Waals surface area contributed by atoms with Crippen LogP contribution in [0.5, 0.6) is 0 Å². The van der Waals surface area contributed by atoms with Crippen LogP contribution < -0.4 is 5.32 Å². The van der Waals surface area contributed by atoms with Crippen LogP contribution in [0.2, 0.25) is 0 Å². The number of nitrogens with zero attached hydrogens (tertiary/aromatic N) is 4. The maximum atomic E-state index is 12.8. The fourth-order valence-electron chi connectivity index (χ4n) is 4.49. The molecule has 3 aromatic rings. The molecule has 1 N–H and O–H groups in total. The molecule has 7 nitrogen and oxygen atoms in total. The summed E-state index contributed by atoms with van der Waals surface area (Å²) in [5.74, 6) is -0.245. The van der Waals surface area contributed by atoms with Crippen molar-refractivity contribution in [1.82, 2.24) is 19.5 Å². The molecule has 1 fully saturated rings. The average Bonchev–Trinajstić information content (AvgIpc) is 3.20. The zero-order chi connectivity index (χ0) is 22.0. The van der Waals surface area contributed by atoms with Gasteiger partial charge in [0.15, 0.2) is 11.3 Å². The summed E-state index contributed by atoms with van der Waals surface area (Å²) in [6, 6.07) is 12.1. The number of hydrogen-bond donors (Lipinski definition) is 1. The number of rotatable bonds is 6. The summed E-state index contributed by atoms with van der Waals surface area (Å²) in [5, 5.41) is 7.40. The van der Waals surface area contributed by atoms with Crippen molar-refractivity contribution in [2.45, 2.75) is 52.7 Å². The van der Waals surface area contributed by atoms with Crippen LogP contribution in [-0.4, -0.2) is 51.1 Å². The van der Waals surface area contributed by atoms with Gasteiger partial charge in [-0.15, -0.1) is 0 Å². The molecular weight excluding hydrogens is 390 g/mol. The highest BCUT2D eigenvalue weighted by Crippen LogP contribution is 2.31. The number of aromatic nitrogens is 3. The van der Waals surface area contributed by atoms with Crippen molar-refractivity contribution in [1.29, 1.82) is 0 Å². The third kappa shape index (κ3) is 4.62. The third-order valence-electron chi connectivity index (χ3n) is 6.07. The predicted octanol–water partition coefficient (Wildman–Crippen LogP) is 4.16. The summed E-state index contributed by atoms with van der Waals surface area (Å²) in [6.07, 6.45) is 2.08. The van der Waals surface area contributed by atoms with E-state index >= 15 is 0 Å². The lowest BCUT2D eigenvalue weighted by molar-refractivity contribution is -0.0265. The Hall–Kier alpha value is -2.77. The predicted molar refractivity (Wildman–Crippen MR) is 121 cm³/mol. The van der Waals surface area contributed by atoms with Crippen molar-refractivity contribution in [3.8, 4) is 0 Å². The molecule has 164 valence electrons. The molecule has 2 aromatic heterocycles. The number of benzene rings is 1. The Morgan fingerprint density at radius 3 is 2.81 bits per heavy atom. The van der Waals surface area contributed by atoms with Crippen LogP contribution in [0.4, 0.5) is 5.69 Å². The second kappa shape index (κ2) is 9.16.